The van der Waals surface area contributed by atoms with Gasteiger partial charge in [-0.2, -0.15) is 0 Å². The van der Waals surface area contributed by atoms with E-state index in [0.717, 1.165) is 15.6 Å². The zero-order valence-electron chi connectivity index (χ0n) is 11.5. The minimum Gasteiger partial charge on any atom is -0.491 e. The molecule has 0 aliphatic carbocycles. The molecule has 0 saturated carbocycles. The van der Waals surface area contributed by atoms with Crippen molar-refractivity contribution in [2.24, 2.45) is 5.41 Å². The molecule has 0 aliphatic rings. The van der Waals surface area contributed by atoms with Crippen molar-refractivity contribution in [3.8, 4) is 5.75 Å². The van der Waals surface area contributed by atoms with Crippen LogP contribution in [0.1, 0.15) is 39.5 Å². The Bertz CT molecular complexity index is 390. The molecule has 0 spiro atoms. The molecule has 0 radical (unpaired) electrons. The lowest BCUT2D eigenvalue weighted by Crippen LogP contribution is -2.30. The summed E-state index contributed by atoms with van der Waals surface area (Å²) in [6.45, 7) is 5.15. The fraction of sp³-hybridized carbons (Fsp3) is 0.600. The molecule has 1 aromatic rings. The Morgan fingerprint density at radius 3 is 2.32 bits per heavy atom. The van der Waals surface area contributed by atoms with Crippen molar-refractivity contribution >= 4 is 43.5 Å². The molecule has 0 amide bonds. The second kappa shape index (κ2) is 8.53. The standard InChI is InChI=1S/C15H21Br2ClO/c1-3-7-15(10-16,8-4-2)11-19-14-6-5-12(17)9-13(14)18/h5-6,9H,3-4,7-8,10-11H2,1-2H3. The van der Waals surface area contributed by atoms with Gasteiger partial charge < -0.3 is 4.74 Å². The summed E-state index contributed by atoms with van der Waals surface area (Å²) in [6.07, 6.45) is 4.67. The van der Waals surface area contributed by atoms with Crippen LogP contribution in [0.25, 0.3) is 0 Å². The quantitative estimate of drug-likeness (QED) is 0.445. The smallest absolute Gasteiger partial charge is 0.137 e. The monoisotopic (exact) mass is 410 g/mol. The number of hydrogen-bond donors (Lipinski definition) is 0. The molecule has 0 N–H and O–H groups in total. The van der Waals surface area contributed by atoms with Crippen LogP contribution in [0, 0.1) is 5.41 Å². The van der Waals surface area contributed by atoms with E-state index in [1.807, 2.05) is 18.2 Å². The molecular formula is C15H21Br2ClO. The Labute approximate surface area is 138 Å². The molecule has 1 nitrogen and oxygen atoms in total. The first-order chi connectivity index (χ1) is 9.06. The van der Waals surface area contributed by atoms with Crippen LogP contribution in [0.5, 0.6) is 5.75 Å². The number of halogens is 3. The highest BCUT2D eigenvalue weighted by Crippen LogP contribution is 2.35. The maximum Gasteiger partial charge on any atom is 0.137 e. The molecule has 1 rings (SSSR count). The average molecular weight is 413 g/mol. The third-order valence-electron chi connectivity index (χ3n) is 3.27. The van der Waals surface area contributed by atoms with Crippen LogP contribution >= 0.6 is 43.5 Å². The second-order valence-corrected chi connectivity index (χ2v) is 6.88. The highest BCUT2D eigenvalue weighted by atomic mass is 79.9. The molecule has 0 bridgehead atoms. The number of hydrogen-bond acceptors (Lipinski definition) is 1. The van der Waals surface area contributed by atoms with Crippen molar-refractivity contribution in [2.75, 3.05) is 11.9 Å². The van der Waals surface area contributed by atoms with Crippen molar-refractivity contribution in [3.05, 3.63) is 27.7 Å². The van der Waals surface area contributed by atoms with Crippen molar-refractivity contribution in [3.63, 3.8) is 0 Å². The molecule has 108 valence electrons. The molecule has 1 aromatic carbocycles. The highest BCUT2D eigenvalue weighted by Gasteiger charge is 2.28. The van der Waals surface area contributed by atoms with Crippen LogP contribution in [0.2, 0.25) is 5.02 Å². The summed E-state index contributed by atoms with van der Waals surface area (Å²) in [4.78, 5) is 0. The number of ether oxygens (including phenoxy) is 1. The fourth-order valence-corrected chi connectivity index (χ4v) is 3.78. The van der Waals surface area contributed by atoms with Crippen molar-refractivity contribution in [2.45, 2.75) is 39.5 Å². The number of rotatable bonds is 8. The van der Waals surface area contributed by atoms with E-state index in [-0.39, 0.29) is 5.41 Å². The third kappa shape index (κ3) is 5.28. The van der Waals surface area contributed by atoms with Gasteiger partial charge in [-0.3, -0.25) is 0 Å². The van der Waals surface area contributed by atoms with E-state index in [0.29, 0.717) is 11.6 Å². The molecule has 0 heterocycles. The van der Waals surface area contributed by atoms with E-state index >= 15 is 0 Å². The maximum atomic E-state index is 6.19. The molecule has 0 saturated heterocycles. The van der Waals surface area contributed by atoms with Gasteiger partial charge in [0, 0.05) is 15.2 Å². The van der Waals surface area contributed by atoms with Gasteiger partial charge in [-0.15, -0.1) is 0 Å². The normalized spacial score (nSPS) is 11.6. The molecule has 0 aromatic heterocycles. The largest absolute Gasteiger partial charge is 0.491 e. The minimum atomic E-state index is 0.208. The van der Waals surface area contributed by atoms with E-state index in [4.69, 9.17) is 16.3 Å². The highest BCUT2D eigenvalue weighted by molar-refractivity contribution is 9.10. The lowest BCUT2D eigenvalue weighted by Gasteiger charge is -2.31. The predicted octanol–water partition coefficient (Wildman–Crippen LogP) is 6.46. The van der Waals surface area contributed by atoms with E-state index in [1.165, 1.54) is 25.7 Å². The summed E-state index contributed by atoms with van der Waals surface area (Å²) >= 11 is 13.3. The van der Waals surface area contributed by atoms with Gasteiger partial charge >= 0.3 is 0 Å². The Kier molecular flexibility index (Phi) is 7.78. The van der Waals surface area contributed by atoms with Gasteiger partial charge in [0.15, 0.2) is 0 Å². The first-order valence-corrected chi connectivity index (χ1v) is 9.00. The topological polar surface area (TPSA) is 9.23 Å². The van der Waals surface area contributed by atoms with Gasteiger partial charge in [-0.05, 0) is 31.0 Å². The Hall–Kier alpha value is 0.270. The van der Waals surface area contributed by atoms with Gasteiger partial charge in [-0.25, -0.2) is 0 Å². The van der Waals surface area contributed by atoms with Crippen LogP contribution in [0.3, 0.4) is 0 Å². The van der Waals surface area contributed by atoms with Crippen LogP contribution in [-0.4, -0.2) is 11.9 Å². The Balaban J connectivity index is 2.74. The number of alkyl halides is 1. The van der Waals surface area contributed by atoms with Crippen molar-refractivity contribution < 1.29 is 4.74 Å². The number of benzene rings is 1. The van der Waals surface area contributed by atoms with Crippen LogP contribution in [0.4, 0.5) is 0 Å². The summed E-state index contributed by atoms with van der Waals surface area (Å²) in [5.41, 5.74) is 0.208. The van der Waals surface area contributed by atoms with E-state index in [1.54, 1.807) is 0 Å². The van der Waals surface area contributed by atoms with Gasteiger partial charge in [0.1, 0.15) is 5.75 Å². The van der Waals surface area contributed by atoms with Crippen LogP contribution in [-0.2, 0) is 0 Å². The van der Waals surface area contributed by atoms with Gasteiger partial charge in [0.2, 0.25) is 0 Å². The maximum absolute atomic E-state index is 6.19. The van der Waals surface area contributed by atoms with Crippen LogP contribution < -0.4 is 4.74 Å². The lowest BCUT2D eigenvalue weighted by atomic mass is 9.82. The molecule has 0 aliphatic heterocycles. The van der Waals surface area contributed by atoms with Gasteiger partial charge in [-0.1, -0.05) is 70.1 Å². The fourth-order valence-electron chi connectivity index (χ4n) is 2.33. The zero-order valence-corrected chi connectivity index (χ0v) is 15.4. The summed E-state index contributed by atoms with van der Waals surface area (Å²) in [7, 11) is 0. The summed E-state index contributed by atoms with van der Waals surface area (Å²) in [6, 6.07) is 5.74. The predicted molar refractivity (Wildman–Crippen MR) is 90.7 cm³/mol. The summed E-state index contributed by atoms with van der Waals surface area (Å²) in [5.74, 6) is 0.766. The first-order valence-electron chi connectivity index (χ1n) is 6.70. The molecule has 0 fully saturated rings. The molecule has 19 heavy (non-hydrogen) atoms. The summed E-state index contributed by atoms with van der Waals surface area (Å²) < 4.78 is 6.94. The van der Waals surface area contributed by atoms with E-state index < -0.39 is 0 Å². The van der Waals surface area contributed by atoms with E-state index in [2.05, 4.69) is 45.7 Å². The lowest BCUT2D eigenvalue weighted by molar-refractivity contribution is 0.144. The van der Waals surface area contributed by atoms with Crippen LogP contribution in [0.15, 0.2) is 22.7 Å². The summed E-state index contributed by atoms with van der Waals surface area (Å²) in [5, 5.41) is 1.63. The zero-order chi connectivity index (χ0) is 14.3. The molecular weight excluding hydrogens is 391 g/mol. The second-order valence-electron chi connectivity index (χ2n) is 5.00. The van der Waals surface area contributed by atoms with Gasteiger partial charge in [0.05, 0.1) is 11.6 Å². The minimum absolute atomic E-state index is 0.208. The van der Waals surface area contributed by atoms with Crippen molar-refractivity contribution in [1.29, 1.82) is 0 Å². The van der Waals surface area contributed by atoms with Crippen molar-refractivity contribution in [1.82, 2.24) is 0 Å². The van der Waals surface area contributed by atoms with E-state index in [9.17, 15) is 0 Å². The van der Waals surface area contributed by atoms with Gasteiger partial charge in [0.25, 0.3) is 0 Å². The molecule has 0 atom stereocenters. The average Bonchev–Trinajstić information content (AvgIpc) is 2.38. The Morgan fingerprint density at radius 1 is 1.21 bits per heavy atom. The molecule has 0 unspecified atom stereocenters. The third-order valence-corrected chi connectivity index (χ3v) is 5.25. The SMILES string of the molecule is CCCC(CBr)(CCC)COc1ccc(Br)cc1Cl. The molecule has 4 heteroatoms. The Morgan fingerprint density at radius 2 is 1.84 bits per heavy atom. The first kappa shape index (κ1) is 17.3.